The first-order chi connectivity index (χ1) is 7.15. The van der Waals surface area contributed by atoms with Crippen LogP contribution < -0.4 is 10.1 Å². The molecule has 1 heterocycles. The zero-order valence-electron chi connectivity index (χ0n) is 9.15. The standard InChI is InChI=1S/C10H15N3O2/c1-7(2)13-6-8(14)9-10(15-3)12-5-4-11-9/h4-5,7,13H,6H2,1-3H3. The van der Waals surface area contributed by atoms with Crippen LogP contribution in [0.1, 0.15) is 24.3 Å². The molecule has 0 unspecified atom stereocenters. The largest absolute Gasteiger partial charge is 0.479 e. The minimum atomic E-state index is -0.117. The summed E-state index contributed by atoms with van der Waals surface area (Å²) in [7, 11) is 1.47. The lowest BCUT2D eigenvalue weighted by Crippen LogP contribution is -2.29. The highest BCUT2D eigenvalue weighted by Crippen LogP contribution is 2.10. The van der Waals surface area contributed by atoms with Gasteiger partial charge in [-0.25, -0.2) is 9.97 Å². The molecular formula is C10H15N3O2. The molecule has 5 heteroatoms. The Kier molecular flexibility index (Phi) is 4.17. The van der Waals surface area contributed by atoms with E-state index in [1.165, 1.54) is 19.5 Å². The van der Waals surface area contributed by atoms with Crippen molar-refractivity contribution in [2.45, 2.75) is 19.9 Å². The molecule has 5 nitrogen and oxygen atoms in total. The number of carbonyl (C=O) groups excluding carboxylic acids is 1. The van der Waals surface area contributed by atoms with E-state index in [-0.39, 0.29) is 29.9 Å². The molecule has 1 rings (SSSR count). The van der Waals surface area contributed by atoms with Crippen molar-refractivity contribution in [2.75, 3.05) is 13.7 Å². The highest BCUT2D eigenvalue weighted by molar-refractivity contribution is 5.97. The molecule has 0 spiro atoms. The van der Waals surface area contributed by atoms with Gasteiger partial charge in [0.25, 0.3) is 0 Å². The number of methoxy groups -OCH3 is 1. The Balaban J connectivity index is 2.72. The van der Waals surface area contributed by atoms with Crippen molar-refractivity contribution in [1.82, 2.24) is 15.3 Å². The van der Waals surface area contributed by atoms with Crippen LogP contribution in [0.5, 0.6) is 5.88 Å². The molecule has 0 bridgehead atoms. The molecule has 0 aliphatic carbocycles. The van der Waals surface area contributed by atoms with Crippen molar-refractivity contribution in [2.24, 2.45) is 0 Å². The SMILES string of the molecule is COc1nccnc1C(=O)CNC(C)C. The highest BCUT2D eigenvalue weighted by atomic mass is 16.5. The molecule has 0 aliphatic rings. The third-order valence-electron chi connectivity index (χ3n) is 1.79. The quantitative estimate of drug-likeness (QED) is 0.722. The van der Waals surface area contributed by atoms with Crippen molar-refractivity contribution in [1.29, 1.82) is 0 Å². The molecule has 0 amide bonds. The lowest BCUT2D eigenvalue weighted by molar-refractivity contribution is 0.0979. The van der Waals surface area contributed by atoms with Crippen molar-refractivity contribution in [3.8, 4) is 5.88 Å². The zero-order chi connectivity index (χ0) is 11.3. The molecule has 0 saturated carbocycles. The maximum atomic E-state index is 11.7. The first kappa shape index (κ1) is 11.6. The Morgan fingerprint density at radius 1 is 1.47 bits per heavy atom. The van der Waals surface area contributed by atoms with E-state index in [1.807, 2.05) is 13.8 Å². The van der Waals surface area contributed by atoms with Gasteiger partial charge in [-0.15, -0.1) is 0 Å². The number of ketones is 1. The van der Waals surface area contributed by atoms with Gasteiger partial charge in [-0.2, -0.15) is 0 Å². The average molecular weight is 209 g/mol. The smallest absolute Gasteiger partial charge is 0.243 e. The Hall–Kier alpha value is -1.49. The lowest BCUT2D eigenvalue weighted by Gasteiger charge is -2.08. The van der Waals surface area contributed by atoms with Gasteiger partial charge in [0.15, 0.2) is 11.5 Å². The summed E-state index contributed by atoms with van der Waals surface area (Å²) in [5.41, 5.74) is 0.271. The highest BCUT2D eigenvalue weighted by Gasteiger charge is 2.14. The number of ether oxygens (including phenoxy) is 1. The number of carbonyl (C=O) groups is 1. The minimum absolute atomic E-state index is 0.117. The van der Waals surface area contributed by atoms with E-state index in [2.05, 4.69) is 15.3 Å². The van der Waals surface area contributed by atoms with Gasteiger partial charge < -0.3 is 10.1 Å². The van der Waals surface area contributed by atoms with Crippen LogP contribution in [-0.2, 0) is 0 Å². The van der Waals surface area contributed by atoms with Gasteiger partial charge >= 0.3 is 0 Å². The van der Waals surface area contributed by atoms with Crippen LogP contribution in [0, 0.1) is 0 Å². The van der Waals surface area contributed by atoms with Gasteiger partial charge in [-0.1, -0.05) is 13.8 Å². The third-order valence-corrected chi connectivity index (χ3v) is 1.79. The summed E-state index contributed by atoms with van der Waals surface area (Å²) >= 11 is 0. The van der Waals surface area contributed by atoms with Gasteiger partial charge in [0, 0.05) is 18.4 Å². The van der Waals surface area contributed by atoms with Gasteiger partial charge in [0.05, 0.1) is 13.7 Å². The van der Waals surface area contributed by atoms with Crippen LogP contribution in [0.2, 0.25) is 0 Å². The maximum Gasteiger partial charge on any atom is 0.243 e. The number of rotatable bonds is 5. The van der Waals surface area contributed by atoms with E-state index in [0.29, 0.717) is 0 Å². The van der Waals surface area contributed by atoms with Gasteiger partial charge in [-0.05, 0) is 0 Å². The van der Waals surface area contributed by atoms with Gasteiger partial charge in [0.1, 0.15) is 0 Å². The Morgan fingerprint density at radius 3 is 2.73 bits per heavy atom. The van der Waals surface area contributed by atoms with Crippen molar-refractivity contribution in [3.63, 3.8) is 0 Å². The second kappa shape index (κ2) is 5.41. The number of hydrogen-bond donors (Lipinski definition) is 1. The number of aromatic nitrogens is 2. The van der Waals surface area contributed by atoms with Crippen molar-refractivity contribution < 1.29 is 9.53 Å². The summed E-state index contributed by atoms with van der Waals surface area (Å²) in [5.74, 6) is 0.154. The van der Waals surface area contributed by atoms with Crippen LogP contribution in [0.15, 0.2) is 12.4 Å². The fourth-order valence-electron chi connectivity index (χ4n) is 1.05. The molecule has 0 aliphatic heterocycles. The van der Waals surface area contributed by atoms with E-state index in [4.69, 9.17) is 4.74 Å². The topological polar surface area (TPSA) is 64.1 Å². The summed E-state index contributed by atoms with van der Waals surface area (Å²) in [5, 5.41) is 3.02. The molecule has 1 aromatic heterocycles. The van der Waals surface area contributed by atoms with Crippen LogP contribution >= 0.6 is 0 Å². The van der Waals surface area contributed by atoms with E-state index in [1.54, 1.807) is 0 Å². The monoisotopic (exact) mass is 209 g/mol. The second-order valence-electron chi connectivity index (χ2n) is 3.37. The molecule has 82 valence electrons. The van der Waals surface area contributed by atoms with Gasteiger partial charge in [-0.3, -0.25) is 4.79 Å². The number of nitrogens with zero attached hydrogens (tertiary/aromatic N) is 2. The van der Waals surface area contributed by atoms with E-state index >= 15 is 0 Å². The molecule has 0 radical (unpaired) electrons. The van der Waals surface area contributed by atoms with E-state index in [0.717, 1.165) is 0 Å². The summed E-state index contributed by atoms with van der Waals surface area (Å²) < 4.78 is 4.95. The third kappa shape index (κ3) is 3.28. The van der Waals surface area contributed by atoms with Crippen LogP contribution in [0.4, 0.5) is 0 Å². The maximum absolute atomic E-state index is 11.7. The number of nitrogens with one attached hydrogen (secondary N) is 1. The molecule has 0 saturated heterocycles. The molecule has 0 fully saturated rings. The fourth-order valence-corrected chi connectivity index (χ4v) is 1.05. The lowest BCUT2D eigenvalue weighted by atomic mass is 10.2. The predicted molar refractivity (Wildman–Crippen MR) is 56.1 cm³/mol. The van der Waals surface area contributed by atoms with Gasteiger partial charge in [0.2, 0.25) is 5.88 Å². The Labute approximate surface area is 88.9 Å². The second-order valence-corrected chi connectivity index (χ2v) is 3.37. The molecular weight excluding hydrogens is 194 g/mol. The van der Waals surface area contributed by atoms with E-state index < -0.39 is 0 Å². The number of Topliss-reactive ketones (excluding diaryl/α,β-unsaturated/α-hetero) is 1. The van der Waals surface area contributed by atoms with Crippen molar-refractivity contribution >= 4 is 5.78 Å². The van der Waals surface area contributed by atoms with E-state index in [9.17, 15) is 4.79 Å². The summed E-state index contributed by atoms with van der Waals surface area (Å²) in [6.07, 6.45) is 2.97. The normalized spacial score (nSPS) is 10.4. The predicted octanol–water partition coefficient (Wildman–Crippen LogP) is 0.666. The molecule has 0 aromatic carbocycles. The summed E-state index contributed by atoms with van der Waals surface area (Å²) in [6, 6.07) is 0.261. The van der Waals surface area contributed by atoms with Crippen LogP contribution in [0.3, 0.4) is 0 Å². The molecule has 15 heavy (non-hydrogen) atoms. The molecule has 0 atom stereocenters. The minimum Gasteiger partial charge on any atom is -0.479 e. The summed E-state index contributed by atoms with van der Waals surface area (Å²) in [6.45, 7) is 4.19. The number of hydrogen-bond acceptors (Lipinski definition) is 5. The first-order valence-electron chi connectivity index (χ1n) is 4.76. The fraction of sp³-hybridized carbons (Fsp3) is 0.500. The first-order valence-corrected chi connectivity index (χ1v) is 4.76. The average Bonchev–Trinajstić information content (AvgIpc) is 2.25. The van der Waals surface area contributed by atoms with Crippen LogP contribution in [-0.4, -0.2) is 35.4 Å². The van der Waals surface area contributed by atoms with Crippen molar-refractivity contribution in [3.05, 3.63) is 18.1 Å². The van der Waals surface area contributed by atoms with Crippen LogP contribution in [0.25, 0.3) is 0 Å². The zero-order valence-corrected chi connectivity index (χ0v) is 9.15. The molecule has 1 aromatic rings. The Morgan fingerprint density at radius 2 is 2.13 bits per heavy atom. The molecule has 1 N–H and O–H groups in total. The Bertz CT molecular complexity index is 339. The summed E-state index contributed by atoms with van der Waals surface area (Å²) in [4.78, 5) is 19.5.